The first-order valence-corrected chi connectivity index (χ1v) is 3.05. The lowest BCUT2D eigenvalue weighted by molar-refractivity contribution is -0.354. The van der Waals surface area contributed by atoms with Crippen LogP contribution in [0.1, 0.15) is 6.92 Å². The van der Waals surface area contributed by atoms with Crippen molar-refractivity contribution in [2.24, 2.45) is 0 Å². The van der Waals surface area contributed by atoms with Gasteiger partial charge in [-0.3, -0.25) is 0 Å². The van der Waals surface area contributed by atoms with Crippen molar-refractivity contribution < 1.29 is 9.84 Å². The topological polar surface area (TPSA) is 32.3 Å². The van der Waals surface area contributed by atoms with Crippen LogP contribution in [0.15, 0.2) is 35.3 Å². The van der Waals surface area contributed by atoms with Gasteiger partial charge in [0.05, 0.1) is 5.95 Å². The van der Waals surface area contributed by atoms with Gasteiger partial charge in [0.2, 0.25) is 0 Å². The molecule has 1 aliphatic rings. The standard InChI is InChI=1S/C8H10O2/c1-6-3-4-7(5-6)8(9)10-2/h3-5,9H,1-2H3/p-1. The summed E-state index contributed by atoms with van der Waals surface area (Å²) in [4.78, 5) is 0. The average Bonchev–Trinajstić information content (AvgIpc) is 2.34. The van der Waals surface area contributed by atoms with Crippen LogP contribution in [0.3, 0.4) is 0 Å². The molecule has 0 saturated carbocycles. The maximum atomic E-state index is 10.8. The van der Waals surface area contributed by atoms with E-state index >= 15 is 0 Å². The zero-order valence-electron chi connectivity index (χ0n) is 6.05. The number of allylic oxidation sites excluding steroid dienone is 5. The van der Waals surface area contributed by atoms with Gasteiger partial charge in [-0.25, -0.2) is 0 Å². The van der Waals surface area contributed by atoms with Crippen molar-refractivity contribution in [3.05, 3.63) is 35.3 Å². The Morgan fingerprint density at radius 2 is 2.20 bits per heavy atom. The number of methoxy groups -OCH3 is 1. The lowest BCUT2D eigenvalue weighted by Gasteiger charge is -2.09. The fourth-order valence-electron chi connectivity index (χ4n) is 0.808. The Hall–Kier alpha value is -1.18. The highest BCUT2D eigenvalue weighted by atomic mass is 16.6. The molecule has 0 atom stereocenters. The number of rotatable bonds is 1. The molecule has 0 aromatic carbocycles. The number of hydrogen-bond donors (Lipinski definition) is 0. The minimum Gasteiger partial charge on any atom is -0.616 e. The Kier molecular flexibility index (Phi) is 1.81. The number of ether oxygens (including phenoxy) is 1. The lowest BCUT2D eigenvalue weighted by Crippen LogP contribution is -2.07. The summed E-state index contributed by atoms with van der Waals surface area (Å²) < 4.78 is 4.51. The first kappa shape index (κ1) is 6.93. The van der Waals surface area contributed by atoms with Crippen molar-refractivity contribution >= 4 is 0 Å². The van der Waals surface area contributed by atoms with Gasteiger partial charge in [-0.15, -0.1) is 0 Å². The van der Waals surface area contributed by atoms with Gasteiger partial charge in [0.15, 0.2) is 0 Å². The molecule has 10 heavy (non-hydrogen) atoms. The lowest BCUT2D eigenvalue weighted by atomic mass is 10.3. The highest BCUT2D eigenvalue weighted by molar-refractivity contribution is 5.44. The van der Waals surface area contributed by atoms with Crippen molar-refractivity contribution in [3.8, 4) is 0 Å². The van der Waals surface area contributed by atoms with Crippen LogP contribution in [0.4, 0.5) is 0 Å². The average molecular weight is 137 g/mol. The fourth-order valence-corrected chi connectivity index (χ4v) is 0.808. The molecule has 2 heteroatoms. The third kappa shape index (κ3) is 1.21. The van der Waals surface area contributed by atoms with E-state index in [1.807, 2.05) is 13.0 Å². The van der Waals surface area contributed by atoms with Gasteiger partial charge in [0.25, 0.3) is 0 Å². The molecule has 0 amide bonds. The Bertz CT molecular complexity index is 221. The highest BCUT2D eigenvalue weighted by Gasteiger charge is 1.97. The van der Waals surface area contributed by atoms with Gasteiger partial charge >= 0.3 is 0 Å². The second-order valence-corrected chi connectivity index (χ2v) is 2.17. The van der Waals surface area contributed by atoms with Crippen molar-refractivity contribution in [1.82, 2.24) is 0 Å². The van der Waals surface area contributed by atoms with Crippen LogP contribution in [0.25, 0.3) is 0 Å². The van der Waals surface area contributed by atoms with Gasteiger partial charge in [0.1, 0.15) is 0 Å². The van der Waals surface area contributed by atoms with Crippen LogP contribution in [0.5, 0.6) is 0 Å². The van der Waals surface area contributed by atoms with Crippen LogP contribution < -0.4 is 5.11 Å². The zero-order valence-corrected chi connectivity index (χ0v) is 6.05. The first-order valence-electron chi connectivity index (χ1n) is 3.05. The molecule has 0 heterocycles. The predicted molar refractivity (Wildman–Crippen MR) is 36.9 cm³/mol. The van der Waals surface area contributed by atoms with E-state index < -0.39 is 0 Å². The Balaban J connectivity index is 2.88. The third-order valence-electron chi connectivity index (χ3n) is 1.33. The molecule has 0 unspecified atom stereocenters. The summed E-state index contributed by atoms with van der Waals surface area (Å²) in [7, 11) is 1.38. The molecule has 0 bridgehead atoms. The van der Waals surface area contributed by atoms with Crippen LogP contribution in [-0.4, -0.2) is 7.11 Å². The minimum atomic E-state index is -0.270. The minimum absolute atomic E-state index is 0.270. The molecule has 1 aliphatic carbocycles. The molecular formula is C8H9O2-. The third-order valence-corrected chi connectivity index (χ3v) is 1.33. The first-order chi connectivity index (χ1) is 4.74. The van der Waals surface area contributed by atoms with Crippen LogP contribution in [-0.2, 0) is 4.74 Å². The molecule has 2 nitrogen and oxygen atoms in total. The smallest absolute Gasteiger partial charge is 0.0584 e. The SMILES string of the molecule is COC([O-])=C1C=CC(C)=C1. The summed E-state index contributed by atoms with van der Waals surface area (Å²) in [6, 6.07) is 0. The maximum Gasteiger partial charge on any atom is 0.0584 e. The van der Waals surface area contributed by atoms with E-state index in [-0.39, 0.29) is 5.95 Å². The highest BCUT2D eigenvalue weighted by Crippen LogP contribution is 2.15. The second kappa shape index (κ2) is 2.60. The summed E-state index contributed by atoms with van der Waals surface area (Å²) in [5, 5.41) is 10.8. The Morgan fingerprint density at radius 3 is 2.60 bits per heavy atom. The van der Waals surface area contributed by atoms with Crippen molar-refractivity contribution in [1.29, 1.82) is 0 Å². The molecule has 54 valence electrons. The molecule has 0 radical (unpaired) electrons. The van der Waals surface area contributed by atoms with Crippen molar-refractivity contribution in [3.63, 3.8) is 0 Å². The molecule has 0 saturated heterocycles. The summed E-state index contributed by atoms with van der Waals surface area (Å²) >= 11 is 0. The molecule has 0 aromatic heterocycles. The van der Waals surface area contributed by atoms with E-state index in [4.69, 9.17) is 0 Å². The Labute approximate surface area is 60.1 Å². The van der Waals surface area contributed by atoms with Gasteiger partial charge in [-0.1, -0.05) is 23.8 Å². The van der Waals surface area contributed by atoms with Gasteiger partial charge < -0.3 is 9.84 Å². The van der Waals surface area contributed by atoms with Crippen LogP contribution in [0.2, 0.25) is 0 Å². The van der Waals surface area contributed by atoms with E-state index in [2.05, 4.69) is 4.74 Å². The van der Waals surface area contributed by atoms with E-state index in [9.17, 15) is 5.11 Å². The van der Waals surface area contributed by atoms with Gasteiger partial charge in [-0.2, -0.15) is 0 Å². The summed E-state index contributed by atoms with van der Waals surface area (Å²) in [5.74, 6) is -0.270. The van der Waals surface area contributed by atoms with E-state index in [0.717, 1.165) is 5.57 Å². The van der Waals surface area contributed by atoms with Crippen molar-refractivity contribution in [2.75, 3.05) is 7.11 Å². The maximum absolute atomic E-state index is 10.8. The molecule has 1 rings (SSSR count). The van der Waals surface area contributed by atoms with Gasteiger partial charge in [0, 0.05) is 0 Å². The summed E-state index contributed by atoms with van der Waals surface area (Å²) in [5.41, 5.74) is 1.71. The largest absolute Gasteiger partial charge is 0.616 e. The second-order valence-electron chi connectivity index (χ2n) is 2.17. The van der Waals surface area contributed by atoms with Crippen molar-refractivity contribution in [2.45, 2.75) is 6.92 Å². The summed E-state index contributed by atoms with van der Waals surface area (Å²) in [6.45, 7) is 1.94. The van der Waals surface area contributed by atoms with Crippen LogP contribution >= 0.6 is 0 Å². The molecular weight excluding hydrogens is 128 g/mol. The van der Waals surface area contributed by atoms with E-state index in [1.54, 1.807) is 12.2 Å². The molecule has 0 spiro atoms. The monoisotopic (exact) mass is 137 g/mol. The number of hydrogen-bond acceptors (Lipinski definition) is 2. The van der Waals surface area contributed by atoms with E-state index in [0.29, 0.717) is 5.57 Å². The molecule has 0 fully saturated rings. The molecule has 0 aliphatic heterocycles. The van der Waals surface area contributed by atoms with Crippen LogP contribution in [0, 0.1) is 0 Å². The van der Waals surface area contributed by atoms with Gasteiger partial charge in [-0.05, 0) is 19.6 Å². The Morgan fingerprint density at radius 1 is 1.50 bits per heavy atom. The molecule has 0 N–H and O–H groups in total. The quantitative estimate of drug-likeness (QED) is 0.499. The fraction of sp³-hybridized carbons (Fsp3) is 0.250. The normalized spacial score (nSPS) is 20.8. The molecule has 0 aromatic rings. The summed E-state index contributed by atoms with van der Waals surface area (Å²) in [6.07, 6.45) is 5.43. The van der Waals surface area contributed by atoms with E-state index in [1.165, 1.54) is 7.11 Å². The predicted octanol–water partition coefficient (Wildman–Crippen LogP) is 0.721. The zero-order chi connectivity index (χ0) is 7.56.